The minimum atomic E-state index is -0.394. The number of amides is 2. The maximum Gasteiger partial charge on any atom is 0.274 e. The molecule has 2 aromatic carbocycles. The van der Waals surface area contributed by atoms with E-state index in [2.05, 4.69) is 10.3 Å². The van der Waals surface area contributed by atoms with Crippen LogP contribution in [0.1, 0.15) is 33.7 Å². The van der Waals surface area contributed by atoms with Crippen molar-refractivity contribution in [3.05, 3.63) is 59.5 Å². The Hall–Kier alpha value is -3.66. The van der Waals surface area contributed by atoms with Gasteiger partial charge in [0.15, 0.2) is 16.6 Å². The summed E-state index contributed by atoms with van der Waals surface area (Å²) in [6.45, 7) is 1.13. The van der Waals surface area contributed by atoms with Gasteiger partial charge in [-0.15, -0.1) is 0 Å². The molecule has 8 nitrogen and oxygen atoms in total. The van der Waals surface area contributed by atoms with Crippen LogP contribution in [0.15, 0.2) is 42.5 Å². The number of fused-ring (bicyclic) bond motifs is 2. The number of aromatic nitrogens is 1. The Kier molecular flexibility index (Phi) is 5.32. The average Bonchev–Trinajstić information content (AvgIpc) is 3.35. The van der Waals surface area contributed by atoms with Gasteiger partial charge in [0, 0.05) is 12.6 Å². The van der Waals surface area contributed by atoms with E-state index >= 15 is 0 Å². The van der Waals surface area contributed by atoms with E-state index in [0.29, 0.717) is 53.2 Å². The number of nitrogens with zero attached hydrogens (tertiary/aromatic N) is 2. The molecule has 2 unspecified atom stereocenters. The zero-order valence-corrected chi connectivity index (χ0v) is 19.5. The number of rotatable bonds is 5. The van der Waals surface area contributed by atoms with Crippen LogP contribution in [-0.2, 0) is 0 Å². The van der Waals surface area contributed by atoms with Gasteiger partial charge >= 0.3 is 0 Å². The first-order valence-corrected chi connectivity index (χ1v) is 12.3. The minimum absolute atomic E-state index is 0.119. The largest absolute Gasteiger partial charge is 0.486 e. The molecule has 10 heteroatoms. The Bertz CT molecular complexity index is 1330. The molecule has 1 aromatic heterocycles. The van der Waals surface area contributed by atoms with Gasteiger partial charge in [0.2, 0.25) is 0 Å². The lowest BCUT2D eigenvalue weighted by Gasteiger charge is -2.28. The molecule has 3 aliphatic rings. The van der Waals surface area contributed by atoms with Crippen molar-refractivity contribution in [2.75, 3.05) is 25.5 Å². The highest BCUT2D eigenvalue weighted by molar-refractivity contribution is 7.19. The number of halogens is 1. The number of benzene rings is 2. The number of carbonyl (C=O) groups excluding carboxylic acids is 2. The van der Waals surface area contributed by atoms with Gasteiger partial charge in [-0.2, -0.15) is 0 Å². The van der Waals surface area contributed by atoms with E-state index in [-0.39, 0.29) is 34.7 Å². The molecule has 6 rings (SSSR count). The molecule has 3 aromatic rings. The van der Waals surface area contributed by atoms with E-state index in [1.165, 1.54) is 12.1 Å². The summed E-state index contributed by atoms with van der Waals surface area (Å²) in [5, 5.41) is 3.22. The van der Waals surface area contributed by atoms with E-state index in [1.807, 2.05) is 4.90 Å². The fraction of sp³-hybridized carbons (Fsp3) is 0.320. The summed E-state index contributed by atoms with van der Waals surface area (Å²) >= 11 is 1.16. The second kappa shape index (κ2) is 8.53. The summed E-state index contributed by atoms with van der Waals surface area (Å²) in [5.74, 6) is 0.490. The molecule has 0 bridgehead atoms. The molecule has 180 valence electrons. The molecule has 1 saturated heterocycles. The van der Waals surface area contributed by atoms with Crippen LogP contribution in [0.25, 0.3) is 10.4 Å². The fourth-order valence-corrected chi connectivity index (χ4v) is 5.87. The van der Waals surface area contributed by atoms with Gasteiger partial charge in [0.25, 0.3) is 11.8 Å². The summed E-state index contributed by atoms with van der Waals surface area (Å²) in [7, 11) is 0. The second-order valence-corrected chi connectivity index (χ2v) is 9.98. The number of hydrogen-bond donors (Lipinski definition) is 2. The number of nitrogens with one attached hydrogen (secondary N) is 1. The molecule has 1 aliphatic carbocycles. The molecule has 2 fully saturated rings. The van der Waals surface area contributed by atoms with Crippen LogP contribution in [0.2, 0.25) is 0 Å². The molecule has 0 radical (unpaired) electrons. The van der Waals surface area contributed by atoms with Crippen molar-refractivity contribution in [2.24, 2.45) is 5.92 Å². The number of para-hydroxylation sites is 1. The second-order valence-electron chi connectivity index (χ2n) is 8.95. The summed E-state index contributed by atoms with van der Waals surface area (Å²) in [6, 6.07) is 11.2. The van der Waals surface area contributed by atoms with Crippen molar-refractivity contribution in [1.82, 2.24) is 15.2 Å². The molecular weight excluding hydrogens is 471 g/mol. The summed E-state index contributed by atoms with van der Waals surface area (Å²) in [4.78, 5) is 33.3. The standard InChI is InChI=1S/C25H23FN4O4S/c26-15-4-1-3-13(9-15)22-20(29-25(27)35-22)24(32)30-16(10-14-11-18(14)30)12-28-23(31)17-5-2-6-19-21(17)34-8-7-33-19/h1-6,9,14,16,18H,7-8,10-12H2,(H2,27,29)(H,28,31)/t14?,16-,18?/m0/s1. The van der Waals surface area contributed by atoms with Crippen molar-refractivity contribution < 1.29 is 23.5 Å². The lowest BCUT2D eigenvalue weighted by Crippen LogP contribution is -2.45. The van der Waals surface area contributed by atoms with E-state index in [4.69, 9.17) is 15.2 Å². The van der Waals surface area contributed by atoms with Crippen molar-refractivity contribution in [1.29, 1.82) is 0 Å². The van der Waals surface area contributed by atoms with E-state index in [9.17, 15) is 14.0 Å². The Balaban J connectivity index is 1.22. The van der Waals surface area contributed by atoms with E-state index in [1.54, 1.807) is 30.3 Å². The van der Waals surface area contributed by atoms with Crippen LogP contribution < -0.4 is 20.5 Å². The lowest BCUT2D eigenvalue weighted by atomic mass is 10.1. The minimum Gasteiger partial charge on any atom is -0.486 e. The molecule has 3 N–H and O–H groups in total. The van der Waals surface area contributed by atoms with Gasteiger partial charge in [-0.25, -0.2) is 9.37 Å². The maximum atomic E-state index is 13.8. The third kappa shape index (κ3) is 3.97. The van der Waals surface area contributed by atoms with Crippen LogP contribution >= 0.6 is 11.3 Å². The van der Waals surface area contributed by atoms with Crippen molar-refractivity contribution in [2.45, 2.75) is 24.9 Å². The third-order valence-electron chi connectivity index (χ3n) is 6.69. The van der Waals surface area contributed by atoms with E-state index in [0.717, 1.165) is 24.2 Å². The smallest absolute Gasteiger partial charge is 0.274 e. The quantitative estimate of drug-likeness (QED) is 0.564. The first-order valence-electron chi connectivity index (χ1n) is 11.5. The summed E-state index contributed by atoms with van der Waals surface area (Å²) in [5.41, 5.74) is 7.15. The predicted octanol–water partition coefficient (Wildman–Crippen LogP) is 3.34. The van der Waals surface area contributed by atoms with Crippen LogP contribution in [0.4, 0.5) is 9.52 Å². The number of nitrogens with two attached hydrogens (primary N) is 1. The molecule has 0 spiro atoms. The number of hydrogen-bond acceptors (Lipinski definition) is 7. The molecule has 3 atom stereocenters. The normalized spacial score (nSPS) is 22.0. The SMILES string of the molecule is Nc1nc(C(=O)N2C3CC3C[C@H]2CNC(=O)c2cccc3c2OCCO3)c(-c2cccc(F)c2)s1. The third-order valence-corrected chi connectivity index (χ3v) is 7.62. The zero-order valence-electron chi connectivity index (χ0n) is 18.7. The number of ether oxygens (including phenoxy) is 2. The predicted molar refractivity (Wildman–Crippen MR) is 128 cm³/mol. The molecule has 2 amide bonds. The zero-order chi connectivity index (χ0) is 24.1. The highest BCUT2D eigenvalue weighted by atomic mass is 32.1. The van der Waals surface area contributed by atoms with Crippen molar-refractivity contribution >= 4 is 28.3 Å². The molecule has 3 heterocycles. The van der Waals surface area contributed by atoms with Gasteiger partial charge < -0.3 is 25.4 Å². The Labute approximate surface area is 204 Å². The maximum absolute atomic E-state index is 13.8. The van der Waals surface area contributed by atoms with Gasteiger partial charge in [-0.1, -0.05) is 29.5 Å². The number of anilines is 1. The van der Waals surface area contributed by atoms with Crippen LogP contribution in [0, 0.1) is 11.7 Å². The molecule has 1 saturated carbocycles. The van der Waals surface area contributed by atoms with Gasteiger partial charge in [0.05, 0.1) is 16.5 Å². The number of carbonyl (C=O) groups is 2. The number of piperidine rings is 1. The fourth-order valence-electron chi connectivity index (χ4n) is 5.05. The number of nitrogen functional groups attached to an aromatic ring is 1. The topological polar surface area (TPSA) is 107 Å². The highest BCUT2D eigenvalue weighted by Gasteiger charge is 2.54. The van der Waals surface area contributed by atoms with Gasteiger partial charge in [-0.05, 0) is 48.6 Å². The van der Waals surface area contributed by atoms with Gasteiger partial charge in [0.1, 0.15) is 24.7 Å². The number of thiazole rings is 1. The van der Waals surface area contributed by atoms with Crippen molar-refractivity contribution in [3.8, 4) is 21.9 Å². The summed E-state index contributed by atoms with van der Waals surface area (Å²) < 4.78 is 25.1. The van der Waals surface area contributed by atoms with Crippen LogP contribution in [-0.4, -0.2) is 53.5 Å². The van der Waals surface area contributed by atoms with Gasteiger partial charge in [-0.3, -0.25) is 9.59 Å². The van der Waals surface area contributed by atoms with Crippen LogP contribution in [0.5, 0.6) is 11.5 Å². The monoisotopic (exact) mass is 494 g/mol. The number of likely N-dealkylation sites (tertiary alicyclic amines) is 1. The lowest BCUT2D eigenvalue weighted by molar-refractivity contribution is 0.0684. The molecule has 2 aliphatic heterocycles. The Morgan fingerprint density at radius 3 is 2.86 bits per heavy atom. The van der Waals surface area contributed by atoms with Crippen molar-refractivity contribution in [3.63, 3.8) is 0 Å². The average molecular weight is 495 g/mol. The summed E-state index contributed by atoms with van der Waals surface area (Å²) in [6.07, 6.45) is 1.74. The Morgan fingerprint density at radius 1 is 1.17 bits per heavy atom. The van der Waals surface area contributed by atoms with Crippen LogP contribution in [0.3, 0.4) is 0 Å². The molecular formula is C25H23FN4O4S. The van der Waals surface area contributed by atoms with E-state index < -0.39 is 5.82 Å². The first kappa shape index (κ1) is 21.8. The Morgan fingerprint density at radius 2 is 2.00 bits per heavy atom. The first-order chi connectivity index (χ1) is 17.0. The highest BCUT2D eigenvalue weighted by Crippen LogP contribution is 2.49. The molecule has 35 heavy (non-hydrogen) atoms.